The van der Waals surface area contributed by atoms with Crippen LogP contribution in [0.2, 0.25) is 0 Å². The van der Waals surface area contributed by atoms with Gasteiger partial charge in [0.15, 0.2) is 5.78 Å². The fourth-order valence-corrected chi connectivity index (χ4v) is 2.70. The highest BCUT2D eigenvalue weighted by molar-refractivity contribution is 5.97. The second-order valence-electron chi connectivity index (χ2n) is 5.27. The third-order valence-corrected chi connectivity index (χ3v) is 3.76. The van der Waals surface area contributed by atoms with Gasteiger partial charge in [-0.1, -0.05) is 12.8 Å². The highest BCUT2D eigenvalue weighted by Crippen LogP contribution is 2.28. The van der Waals surface area contributed by atoms with E-state index in [1.165, 1.54) is 31.9 Å². The first-order chi connectivity index (χ1) is 9.22. The maximum absolute atomic E-state index is 12.0. The van der Waals surface area contributed by atoms with Crippen molar-refractivity contribution in [1.29, 1.82) is 0 Å². The van der Waals surface area contributed by atoms with E-state index in [0.717, 1.165) is 11.5 Å². The highest BCUT2D eigenvalue weighted by atomic mass is 16.3. The minimum atomic E-state index is 0.0634. The minimum absolute atomic E-state index is 0.0634. The number of nitrogens with zero attached hydrogens (tertiary/aromatic N) is 2. The standard InChI is InChI=1S/C15H18N2O2/c1-11-8-12(10-19-11)15(18)9-13-6-7-17(16-13)14-4-2-3-5-14/h6-8,10,14H,2-5,9H2,1H3. The molecule has 4 nitrogen and oxygen atoms in total. The molecule has 0 aliphatic heterocycles. The molecule has 19 heavy (non-hydrogen) atoms. The number of furan rings is 1. The lowest BCUT2D eigenvalue weighted by molar-refractivity contribution is 0.0991. The van der Waals surface area contributed by atoms with Crippen LogP contribution in [0.1, 0.15) is 53.5 Å². The molecule has 1 aliphatic carbocycles. The molecule has 0 bridgehead atoms. The van der Waals surface area contributed by atoms with Gasteiger partial charge in [-0.3, -0.25) is 9.48 Å². The van der Waals surface area contributed by atoms with Gasteiger partial charge in [0.1, 0.15) is 12.0 Å². The van der Waals surface area contributed by atoms with Gasteiger partial charge in [-0.05, 0) is 31.9 Å². The summed E-state index contributed by atoms with van der Waals surface area (Å²) in [5.41, 5.74) is 1.48. The Morgan fingerprint density at radius 3 is 2.95 bits per heavy atom. The van der Waals surface area contributed by atoms with Crippen LogP contribution in [-0.4, -0.2) is 15.6 Å². The van der Waals surface area contributed by atoms with Crippen molar-refractivity contribution < 1.29 is 9.21 Å². The molecule has 0 amide bonds. The Bertz CT molecular complexity index is 576. The Morgan fingerprint density at radius 2 is 2.26 bits per heavy atom. The van der Waals surface area contributed by atoms with Gasteiger partial charge >= 0.3 is 0 Å². The SMILES string of the molecule is Cc1cc(C(=O)Cc2ccn(C3CCCC3)n2)co1. The van der Waals surface area contributed by atoms with Crippen LogP contribution in [0.3, 0.4) is 0 Å². The van der Waals surface area contributed by atoms with Gasteiger partial charge in [-0.15, -0.1) is 0 Å². The van der Waals surface area contributed by atoms with Gasteiger partial charge in [-0.2, -0.15) is 5.10 Å². The normalized spacial score (nSPS) is 16.1. The summed E-state index contributed by atoms with van der Waals surface area (Å²) < 4.78 is 7.19. The van der Waals surface area contributed by atoms with E-state index in [1.807, 2.05) is 23.9 Å². The lowest BCUT2D eigenvalue weighted by Crippen LogP contribution is -2.07. The highest BCUT2D eigenvalue weighted by Gasteiger charge is 2.18. The summed E-state index contributed by atoms with van der Waals surface area (Å²) in [6.07, 6.45) is 8.84. The molecule has 0 saturated heterocycles. The first-order valence-electron chi connectivity index (χ1n) is 6.85. The molecule has 0 N–H and O–H groups in total. The number of hydrogen-bond donors (Lipinski definition) is 0. The van der Waals surface area contributed by atoms with Crippen LogP contribution in [0.25, 0.3) is 0 Å². The van der Waals surface area contributed by atoms with Crippen molar-refractivity contribution in [3.63, 3.8) is 0 Å². The molecule has 2 aromatic heterocycles. The number of Topliss-reactive ketones (excluding diaryl/α,β-unsaturated/α-hetero) is 1. The van der Waals surface area contributed by atoms with Crippen LogP contribution >= 0.6 is 0 Å². The van der Waals surface area contributed by atoms with Crippen molar-refractivity contribution in [2.24, 2.45) is 0 Å². The number of carbonyl (C=O) groups is 1. The molecule has 0 atom stereocenters. The zero-order valence-corrected chi connectivity index (χ0v) is 11.1. The van der Waals surface area contributed by atoms with Gasteiger partial charge in [-0.25, -0.2) is 0 Å². The Morgan fingerprint density at radius 1 is 1.47 bits per heavy atom. The summed E-state index contributed by atoms with van der Waals surface area (Å²) in [5.74, 6) is 0.827. The third-order valence-electron chi connectivity index (χ3n) is 3.76. The van der Waals surface area contributed by atoms with Gasteiger partial charge < -0.3 is 4.42 Å². The first kappa shape index (κ1) is 12.2. The van der Waals surface area contributed by atoms with Crippen LogP contribution in [0.15, 0.2) is 29.0 Å². The van der Waals surface area contributed by atoms with Crippen molar-refractivity contribution in [2.75, 3.05) is 0 Å². The Hall–Kier alpha value is -1.84. The molecule has 3 rings (SSSR count). The lowest BCUT2D eigenvalue weighted by atomic mass is 10.1. The topological polar surface area (TPSA) is 48.0 Å². The number of hydrogen-bond acceptors (Lipinski definition) is 3. The molecule has 0 spiro atoms. The smallest absolute Gasteiger partial charge is 0.172 e. The van der Waals surface area contributed by atoms with Crippen LogP contribution < -0.4 is 0 Å². The predicted molar refractivity (Wildman–Crippen MR) is 71.2 cm³/mol. The summed E-state index contributed by atoms with van der Waals surface area (Å²) in [4.78, 5) is 12.0. The van der Waals surface area contributed by atoms with E-state index in [1.54, 1.807) is 6.07 Å². The second kappa shape index (κ2) is 5.03. The molecule has 1 aliphatic rings. The van der Waals surface area contributed by atoms with Gasteiger partial charge in [0.25, 0.3) is 0 Å². The zero-order valence-electron chi connectivity index (χ0n) is 11.1. The maximum Gasteiger partial charge on any atom is 0.172 e. The van der Waals surface area contributed by atoms with Crippen LogP contribution in [-0.2, 0) is 6.42 Å². The maximum atomic E-state index is 12.0. The molecular formula is C15H18N2O2. The number of aryl methyl sites for hydroxylation is 1. The zero-order chi connectivity index (χ0) is 13.2. The summed E-state index contributed by atoms with van der Waals surface area (Å²) >= 11 is 0. The van der Waals surface area contributed by atoms with Crippen LogP contribution in [0.5, 0.6) is 0 Å². The lowest BCUT2D eigenvalue weighted by Gasteiger charge is -2.08. The Balaban J connectivity index is 1.68. The van der Waals surface area contributed by atoms with E-state index in [2.05, 4.69) is 5.10 Å². The summed E-state index contributed by atoms with van der Waals surface area (Å²) in [6.45, 7) is 1.84. The second-order valence-corrected chi connectivity index (χ2v) is 5.27. The van der Waals surface area contributed by atoms with E-state index in [-0.39, 0.29) is 5.78 Å². The average molecular weight is 258 g/mol. The molecule has 100 valence electrons. The molecule has 4 heteroatoms. The van der Waals surface area contributed by atoms with Crippen molar-refractivity contribution >= 4 is 5.78 Å². The number of carbonyl (C=O) groups excluding carboxylic acids is 1. The quantitative estimate of drug-likeness (QED) is 0.790. The van der Waals surface area contributed by atoms with Gasteiger partial charge in [0, 0.05) is 6.20 Å². The van der Waals surface area contributed by atoms with E-state index in [4.69, 9.17) is 4.42 Å². The fraction of sp³-hybridized carbons (Fsp3) is 0.467. The molecule has 1 saturated carbocycles. The molecule has 2 aromatic rings. The van der Waals surface area contributed by atoms with Gasteiger partial charge in [0.05, 0.1) is 23.7 Å². The van der Waals surface area contributed by atoms with E-state index in [0.29, 0.717) is 18.0 Å². The number of rotatable bonds is 4. The van der Waals surface area contributed by atoms with Crippen LogP contribution in [0.4, 0.5) is 0 Å². The van der Waals surface area contributed by atoms with Crippen molar-refractivity contribution in [3.8, 4) is 0 Å². The van der Waals surface area contributed by atoms with Gasteiger partial charge in [0.2, 0.25) is 0 Å². The predicted octanol–water partition coefficient (Wildman–Crippen LogP) is 3.33. The van der Waals surface area contributed by atoms with Crippen molar-refractivity contribution in [2.45, 2.75) is 45.1 Å². The monoisotopic (exact) mass is 258 g/mol. The molecular weight excluding hydrogens is 240 g/mol. The Kier molecular flexibility index (Phi) is 3.23. The molecule has 0 aromatic carbocycles. The van der Waals surface area contributed by atoms with E-state index in [9.17, 15) is 4.79 Å². The largest absolute Gasteiger partial charge is 0.469 e. The summed E-state index contributed by atoms with van der Waals surface area (Å²) in [7, 11) is 0. The minimum Gasteiger partial charge on any atom is -0.469 e. The Labute approximate surface area is 112 Å². The van der Waals surface area contributed by atoms with Crippen molar-refractivity contribution in [3.05, 3.63) is 41.6 Å². The molecule has 0 radical (unpaired) electrons. The average Bonchev–Trinajstić information content (AvgIpc) is 3.07. The van der Waals surface area contributed by atoms with Crippen molar-refractivity contribution in [1.82, 2.24) is 9.78 Å². The number of ketones is 1. The first-order valence-corrected chi connectivity index (χ1v) is 6.85. The summed E-state index contributed by atoms with van der Waals surface area (Å²) in [6, 6.07) is 4.25. The molecule has 2 heterocycles. The molecule has 1 fully saturated rings. The molecule has 0 unspecified atom stereocenters. The van der Waals surface area contributed by atoms with Crippen LogP contribution in [0, 0.1) is 6.92 Å². The number of aromatic nitrogens is 2. The summed E-state index contributed by atoms with van der Waals surface area (Å²) in [5, 5.41) is 4.53. The van der Waals surface area contributed by atoms with E-state index >= 15 is 0 Å². The van der Waals surface area contributed by atoms with E-state index < -0.39 is 0 Å². The third kappa shape index (κ3) is 2.62. The fourth-order valence-electron chi connectivity index (χ4n) is 2.70.